The second-order valence-electron chi connectivity index (χ2n) is 5.12. The van der Waals surface area contributed by atoms with Crippen LogP contribution in [0.15, 0.2) is 0 Å². The molecule has 2 aliphatic rings. The third-order valence-corrected chi connectivity index (χ3v) is 4.07. The zero-order valence-electron chi connectivity index (χ0n) is 10.00. The zero-order chi connectivity index (χ0) is 11.5. The Labute approximate surface area is 97.0 Å². The number of piperidine rings is 1. The molecular formula is C13H21NO2. The van der Waals surface area contributed by atoms with E-state index in [1.54, 1.807) is 0 Å². The minimum Gasteiger partial charge on any atom is -0.313 e. The quantitative estimate of drug-likeness (QED) is 0.725. The molecule has 1 heterocycles. The number of Topliss-reactive ketones (excluding diaryl/α,β-unsaturated/α-hetero) is 2. The highest BCUT2D eigenvalue weighted by molar-refractivity contribution is 6.05. The lowest BCUT2D eigenvalue weighted by Crippen LogP contribution is -2.49. The van der Waals surface area contributed by atoms with Crippen molar-refractivity contribution >= 4 is 11.6 Å². The lowest BCUT2D eigenvalue weighted by atomic mass is 9.76. The van der Waals surface area contributed by atoms with Gasteiger partial charge in [0.15, 0.2) is 0 Å². The van der Waals surface area contributed by atoms with Gasteiger partial charge in [0, 0.05) is 18.9 Å². The van der Waals surface area contributed by atoms with Crippen molar-refractivity contribution in [2.24, 2.45) is 11.8 Å². The molecule has 1 saturated heterocycles. The van der Waals surface area contributed by atoms with Crippen molar-refractivity contribution in [2.75, 3.05) is 6.54 Å². The highest BCUT2D eigenvalue weighted by Crippen LogP contribution is 2.28. The topological polar surface area (TPSA) is 46.2 Å². The molecule has 0 aromatic heterocycles. The summed E-state index contributed by atoms with van der Waals surface area (Å²) < 4.78 is 0. The maximum atomic E-state index is 11.8. The molecular weight excluding hydrogens is 202 g/mol. The number of rotatable bonds is 2. The highest BCUT2D eigenvalue weighted by atomic mass is 16.2. The monoisotopic (exact) mass is 223 g/mol. The van der Waals surface area contributed by atoms with Gasteiger partial charge in [-0.25, -0.2) is 0 Å². The van der Waals surface area contributed by atoms with Gasteiger partial charge in [0.25, 0.3) is 0 Å². The number of ketones is 2. The summed E-state index contributed by atoms with van der Waals surface area (Å²) in [4.78, 5) is 23.7. The minimum absolute atomic E-state index is 0.124. The molecule has 0 radical (unpaired) electrons. The number of carbonyl (C=O) groups is 2. The molecule has 2 atom stereocenters. The van der Waals surface area contributed by atoms with E-state index < -0.39 is 0 Å². The van der Waals surface area contributed by atoms with Crippen LogP contribution < -0.4 is 5.32 Å². The Hall–Kier alpha value is -0.700. The van der Waals surface area contributed by atoms with Crippen LogP contribution in [0.5, 0.6) is 0 Å². The van der Waals surface area contributed by atoms with Crippen LogP contribution in [0.2, 0.25) is 0 Å². The predicted octanol–water partition coefficient (Wildman–Crippen LogP) is 1.70. The van der Waals surface area contributed by atoms with Crippen molar-refractivity contribution in [3.8, 4) is 0 Å². The first-order chi connectivity index (χ1) is 7.72. The van der Waals surface area contributed by atoms with Crippen LogP contribution in [0, 0.1) is 11.8 Å². The van der Waals surface area contributed by atoms with Crippen molar-refractivity contribution in [1.82, 2.24) is 5.32 Å². The smallest absolute Gasteiger partial charge is 0.144 e. The van der Waals surface area contributed by atoms with E-state index in [0.29, 0.717) is 18.8 Å². The van der Waals surface area contributed by atoms with Crippen molar-refractivity contribution in [2.45, 2.75) is 51.5 Å². The van der Waals surface area contributed by atoms with Crippen molar-refractivity contribution in [3.63, 3.8) is 0 Å². The van der Waals surface area contributed by atoms with Gasteiger partial charge in [-0.05, 0) is 31.7 Å². The summed E-state index contributed by atoms with van der Waals surface area (Å²) in [7, 11) is 0. The molecule has 3 nitrogen and oxygen atoms in total. The molecule has 90 valence electrons. The van der Waals surface area contributed by atoms with E-state index in [9.17, 15) is 9.59 Å². The summed E-state index contributed by atoms with van der Waals surface area (Å²) in [6.07, 6.45) is 5.31. The fourth-order valence-corrected chi connectivity index (χ4v) is 3.03. The third-order valence-electron chi connectivity index (χ3n) is 4.07. The van der Waals surface area contributed by atoms with E-state index in [-0.39, 0.29) is 23.5 Å². The SMILES string of the molecule is CCC1CCNC(C2C(=O)CCCC2=O)C1. The average Bonchev–Trinajstić information content (AvgIpc) is 2.29. The van der Waals surface area contributed by atoms with Gasteiger partial charge in [-0.3, -0.25) is 9.59 Å². The standard InChI is InChI=1S/C13H21NO2/c1-2-9-6-7-14-10(8-9)13-11(15)4-3-5-12(13)16/h9-10,13-14H,2-8H2,1H3. The van der Waals surface area contributed by atoms with E-state index in [4.69, 9.17) is 0 Å². The van der Waals surface area contributed by atoms with Crippen molar-refractivity contribution < 1.29 is 9.59 Å². The van der Waals surface area contributed by atoms with Gasteiger partial charge in [-0.15, -0.1) is 0 Å². The van der Waals surface area contributed by atoms with Crippen LogP contribution in [0.3, 0.4) is 0 Å². The lowest BCUT2D eigenvalue weighted by molar-refractivity contribution is -0.137. The zero-order valence-corrected chi connectivity index (χ0v) is 10.00. The van der Waals surface area contributed by atoms with Gasteiger partial charge >= 0.3 is 0 Å². The molecule has 1 saturated carbocycles. The first-order valence-electron chi connectivity index (χ1n) is 6.51. The summed E-state index contributed by atoms with van der Waals surface area (Å²) >= 11 is 0. The molecule has 16 heavy (non-hydrogen) atoms. The normalized spacial score (nSPS) is 33.1. The first kappa shape index (κ1) is 11.8. The Morgan fingerprint density at radius 1 is 1.25 bits per heavy atom. The fourth-order valence-electron chi connectivity index (χ4n) is 3.03. The maximum Gasteiger partial charge on any atom is 0.144 e. The van der Waals surface area contributed by atoms with Gasteiger partial charge in [-0.2, -0.15) is 0 Å². The molecule has 0 aromatic carbocycles. The number of hydrogen-bond donors (Lipinski definition) is 1. The van der Waals surface area contributed by atoms with Gasteiger partial charge in [0.1, 0.15) is 11.6 Å². The third kappa shape index (κ3) is 2.34. The number of nitrogens with one attached hydrogen (secondary N) is 1. The van der Waals surface area contributed by atoms with Crippen LogP contribution >= 0.6 is 0 Å². The van der Waals surface area contributed by atoms with E-state index >= 15 is 0 Å². The molecule has 1 aliphatic carbocycles. The Kier molecular flexibility index (Phi) is 3.74. The van der Waals surface area contributed by atoms with Gasteiger partial charge in [0.2, 0.25) is 0 Å². The summed E-state index contributed by atoms with van der Waals surface area (Å²) in [6, 6.07) is 0.124. The summed E-state index contributed by atoms with van der Waals surface area (Å²) in [6.45, 7) is 3.15. The summed E-state index contributed by atoms with van der Waals surface area (Å²) in [5.74, 6) is 0.702. The molecule has 2 fully saturated rings. The molecule has 0 bridgehead atoms. The van der Waals surface area contributed by atoms with Crippen LogP contribution in [-0.4, -0.2) is 24.2 Å². The summed E-state index contributed by atoms with van der Waals surface area (Å²) in [5, 5.41) is 3.37. The second-order valence-corrected chi connectivity index (χ2v) is 5.12. The van der Waals surface area contributed by atoms with Crippen LogP contribution in [-0.2, 0) is 9.59 Å². The molecule has 3 heteroatoms. The summed E-state index contributed by atoms with van der Waals surface area (Å²) in [5.41, 5.74) is 0. The Morgan fingerprint density at radius 2 is 1.94 bits per heavy atom. The lowest BCUT2D eigenvalue weighted by Gasteiger charge is -2.35. The first-order valence-corrected chi connectivity index (χ1v) is 6.51. The fraction of sp³-hybridized carbons (Fsp3) is 0.846. The van der Waals surface area contributed by atoms with E-state index in [2.05, 4.69) is 12.2 Å². The van der Waals surface area contributed by atoms with Gasteiger partial charge < -0.3 is 5.32 Å². The molecule has 0 amide bonds. The van der Waals surface area contributed by atoms with E-state index in [1.165, 1.54) is 6.42 Å². The van der Waals surface area contributed by atoms with Crippen LogP contribution in [0.1, 0.15) is 45.4 Å². The van der Waals surface area contributed by atoms with E-state index in [1.807, 2.05) is 0 Å². The molecule has 1 N–H and O–H groups in total. The van der Waals surface area contributed by atoms with Crippen LogP contribution in [0.25, 0.3) is 0 Å². The average molecular weight is 223 g/mol. The minimum atomic E-state index is -0.330. The molecule has 0 spiro atoms. The number of carbonyl (C=O) groups excluding carboxylic acids is 2. The Morgan fingerprint density at radius 3 is 2.56 bits per heavy atom. The van der Waals surface area contributed by atoms with Gasteiger partial charge in [-0.1, -0.05) is 13.3 Å². The molecule has 1 aliphatic heterocycles. The van der Waals surface area contributed by atoms with E-state index in [0.717, 1.165) is 25.8 Å². The predicted molar refractivity (Wildman–Crippen MR) is 62.2 cm³/mol. The largest absolute Gasteiger partial charge is 0.313 e. The Balaban J connectivity index is 2.04. The van der Waals surface area contributed by atoms with Crippen molar-refractivity contribution in [1.29, 1.82) is 0 Å². The van der Waals surface area contributed by atoms with Crippen LogP contribution in [0.4, 0.5) is 0 Å². The highest BCUT2D eigenvalue weighted by Gasteiger charge is 2.38. The molecule has 2 unspecified atom stereocenters. The molecule has 0 aromatic rings. The van der Waals surface area contributed by atoms with Crippen molar-refractivity contribution in [3.05, 3.63) is 0 Å². The number of hydrogen-bond acceptors (Lipinski definition) is 3. The van der Waals surface area contributed by atoms with Gasteiger partial charge in [0.05, 0.1) is 5.92 Å². The second kappa shape index (κ2) is 5.09. The maximum absolute atomic E-state index is 11.8. The Bertz CT molecular complexity index is 272. The molecule has 2 rings (SSSR count).